The molecule has 1 aromatic carbocycles. The largest absolute Gasteiger partial charge is 0.496 e. The van der Waals surface area contributed by atoms with Gasteiger partial charge in [0.25, 0.3) is 5.56 Å². The van der Waals surface area contributed by atoms with E-state index in [9.17, 15) is 9.59 Å². The van der Waals surface area contributed by atoms with E-state index in [-0.39, 0.29) is 23.8 Å². The number of carbonyl (C=O) groups is 1. The zero-order chi connectivity index (χ0) is 29.4. The van der Waals surface area contributed by atoms with Crippen LogP contribution < -0.4 is 24.4 Å². The highest BCUT2D eigenvalue weighted by Crippen LogP contribution is 2.41. The number of benzene rings is 1. The second-order valence-electron chi connectivity index (χ2n) is 10.1. The predicted octanol–water partition coefficient (Wildman–Crippen LogP) is 4.18. The lowest BCUT2D eigenvalue weighted by Crippen LogP contribution is -2.40. The molecule has 11 heteroatoms. The Balaban J connectivity index is 1.69. The minimum Gasteiger partial charge on any atom is -0.496 e. The average Bonchev–Trinajstić information content (AvgIpc) is 3.63. The van der Waals surface area contributed by atoms with Crippen molar-refractivity contribution in [3.8, 4) is 11.5 Å². The minimum absolute atomic E-state index is 0.192. The molecule has 3 aromatic rings. The summed E-state index contributed by atoms with van der Waals surface area (Å²) in [6, 6.07) is 4.84. The minimum atomic E-state index is -0.809. The first-order valence-corrected chi connectivity index (χ1v) is 15.2. The highest BCUT2D eigenvalue weighted by Gasteiger charge is 2.35. The van der Waals surface area contributed by atoms with Crippen molar-refractivity contribution in [1.82, 2.24) is 9.13 Å². The molecule has 41 heavy (non-hydrogen) atoms. The summed E-state index contributed by atoms with van der Waals surface area (Å²) in [6.07, 6.45) is 4.26. The lowest BCUT2D eigenvalue weighted by Gasteiger charge is -2.26. The molecule has 0 unspecified atom stereocenters. The van der Waals surface area contributed by atoms with Crippen molar-refractivity contribution >= 4 is 39.3 Å². The fourth-order valence-electron chi connectivity index (χ4n) is 5.57. The van der Waals surface area contributed by atoms with Gasteiger partial charge < -0.3 is 23.5 Å². The number of aryl methyl sites for hydroxylation is 1. The van der Waals surface area contributed by atoms with Crippen LogP contribution in [-0.2, 0) is 20.8 Å². The highest BCUT2D eigenvalue weighted by molar-refractivity contribution is 9.10. The van der Waals surface area contributed by atoms with E-state index in [1.807, 2.05) is 12.1 Å². The molecule has 0 radical (unpaired) electrons. The van der Waals surface area contributed by atoms with E-state index >= 15 is 0 Å². The number of fused-ring (bicyclic) bond motifs is 1. The standard InChI is InChI=1S/C30H34BrN3O6S/c1-7-39-29(36)26-17(3)32-30-34(27(26)21-13-22(31)24(38-6)14-23(21)37-5)28(35)25(41-30)12-19-11-16(2)33(18(19)4)15-20-9-8-10-40-20/h11-14,20,27H,7-10,15H2,1-6H3/b25-12-/t20-,27-/m1/s1. The second kappa shape index (κ2) is 12.0. The van der Waals surface area contributed by atoms with E-state index in [1.165, 1.54) is 11.3 Å². The second-order valence-corrected chi connectivity index (χ2v) is 12.0. The molecular formula is C30H34BrN3O6S. The Morgan fingerprint density at radius 3 is 2.61 bits per heavy atom. The van der Waals surface area contributed by atoms with Crippen LogP contribution in [0, 0.1) is 13.8 Å². The fraction of sp³-hybridized carbons (Fsp3) is 0.433. The molecule has 0 bridgehead atoms. The van der Waals surface area contributed by atoms with Gasteiger partial charge in [-0.1, -0.05) is 11.3 Å². The molecule has 0 N–H and O–H groups in total. The molecular weight excluding hydrogens is 610 g/mol. The van der Waals surface area contributed by atoms with Gasteiger partial charge in [-0.15, -0.1) is 0 Å². The molecule has 5 rings (SSSR count). The Kier molecular flexibility index (Phi) is 8.58. The summed E-state index contributed by atoms with van der Waals surface area (Å²) >= 11 is 4.86. The van der Waals surface area contributed by atoms with Crippen LogP contribution in [0.5, 0.6) is 11.5 Å². The van der Waals surface area contributed by atoms with Crippen molar-refractivity contribution in [1.29, 1.82) is 0 Å². The number of methoxy groups -OCH3 is 2. The molecule has 1 saturated heterocycles. The lowest BCUT2D eigenvalue weighted by atomic mass is 9.95. The Morgan fingerprint density at radius 2 is 1.95 bits per heavy atom. The number of halogens is 1. The monoisotopic (exact) mass is 643 g/mol. The van der Waals surface area contributed by atoms with Crippen LogP contribution in [0.15, 0.2) is 43.7 Å². The van der Waals surface area contributed by atoms with Crippen LogP contribution >= 0.6 is 27.3 Å². The summed E-state index contributed by atoms with van der Waals surface area (Å²) in [6.45, 7) is 9.44. The summed E-state index contributed by atoms with van der Waals surface area (Å²) in [7, 11) is 3.11. The van der Waals surface area contributed by atoms with Crippen LogP contribution in [0.25, 0.3) is 6.08 Å². The van der Waals surface area contributed by atoms with Gasteiger partial charge in [-0.3, -0.25) is 9.36 Å². The normalized spacial score (nSPS) is 18.9. The summed E-state index contributed by atoms with van der Waals surface area (Å²) in [5.74, 6) is 0.508. The quantitative estimate of drug-likeness (QED) is 0.342. The number of thiazole rings is 1. The Labute approximate surface area is 250 Å². The van der Waals surface area contributed by atoms with Gasteiger partial charge in [0.2, 0.25) is 0 Å². The van der Waals surface area contributed by atoms with Crippen molar-refractivity contribution in [2.24, 2.45) is 4.99 Å². The number of hydrogen-bond donors (Lipinski definition) is 0. The Bertz CT molecular complexity index is 1710. The van der Waals surface area contributed by atoms with Gasteiger partial charge in [0.05, 0.1) is 47.2 Å². The Morgan fingerprint density at radius 1 is 1.20 bits per heavy atom. The van der Waals surface area contributed by atoms with Gasteiger partial charge in [-0.2, -0.15) is 0 Å². The third-order valence-electron chi connectivity index (χ3n) is 7.63. The van der Waals surface area contributed by atoms with Crippen molar-refractivity contribution in [3.05, 3.63) is 76.1 Å². The smallest absolute Gasteiger partial charge is 0.338 e. The van der Waals surface area contributed by atoms with E-state index in [0.29, 0.717) is 36.6 Å². The number of hydrogen-bond acceptors (Lipinski definition) is 8. The van der Waals surface area contributed by atoms with Gasteiger partial charge in [0, 0.05) is 36.2 Å². The third kappa shape index (κ3) is 5.42. The first-order chi connectivity index (χ1) is 19.7. The maximum absolute atomic E-state index is 14.1. The molecule has 0 aliphatic carbocycles. The molecule has 2 aliphatic heterocycles. The molecule has 1 fully saturated rings. The predicted molar refractivity (Wildman–Crippen MR) is 161 cm³/mol. The first-order valence-electron chi connectivity index (χ1n) is 13.6. The summed E-state index contributed by atoms with van der Waals surface area (Å²) < 4.78 is 27.5. The number of esters is 1. The number of aromatic nitrogens is 2. The van der Waals surface area contributed by atoms with Gasteiger partial charge in [-0.05, 0) is 80.2 Å². The van der Waals surface area contributed by atoms with Crippen LogP contribution in [-0.4, -0.2) is 48.6 Å². The van der Waals surface area contributed by atoms with E-state index < -0.39 is 12.0 Å². The number of ether oxygens (including phenoxy) is 4. The number of rotatable bonds is 8. The maximum atomic E-state index is 14.1. The molecule has 0 spiro atoms. The molecule has 9 nitrogen and oxygen atoms in total. The van der Waals surface area contributed by atoms with Gasteiger partial charge >= 0.3 is 5.97 Å². The van der Waals surface area contributed by atoms with Crippen LogP contribution in [0.2, 0.25) is 0 Å². The molecule has 4 heterocycles. The summed E-state index contributed by atoms with van der Waals surface area (Å²) in [5.41, 5.74) is 4.30. The number of allylic oxidation sites excluding steroid dienone is 1. The summed E-state index contributed by atoms with van der Waals surface area (Å²) in [5, 5.41) is 0. The van der Waals surface area contributed by atoms with E-state index in [1.54, 1.807) is 38.7 Å². The molecule has 2 atom stereocenters. The molecule has 2 aliphatic rings. The molecule has 0 saturated carbocycles. The van der Waals surface area contributed by atoms with Crippen LogP contribution in [0.1, 0.15) is 55.2 Å². The van der Waals surface area contributed by atoms with Crippen molar-refractivity contribution in [2.45, 2.75) is 59.2 Å². The summed E-state index contributed by atoms with van der Waals surface area (Å²) in [4.78, 5) is 32.6. The first kappa shape index (κ1) is 29.3. The van der Waals surface area contributed by atoms with Gasteiger partial charge in [0.1, 0.15) is 17.5 Å². The fourth-order valence-corrected chi connectivity index (χ4v) is 7.13. The van der Waals surface area contributed by atoms with Gasteiger partial charge in [0.15, 0.2) is 4.80 Å². The third-order valence-corrected chi connectivity index (χ3v) is 9.23. The zero-order valence-corrected chi connectivity index (χ0v) is 26.5. The van der Waals surface area contributed by atoms with Crippen molar-refractivity contribution in [3.63, 3.8) is 0 Å². The van der Waals surface area contributed by atoms with Crippen molar-refractivity contribution < 1.29 is 23.7 Å². The van der Waals surface area contributed by atoms with Crippen LogP contribution in [0.3, 0.4) is 0 Å². The van der Waals surface area contributed by atoms with Crippen molar-refractivity contribution in [2.75, 3.05) is 27.4 Å². The molecule has 218 valence electrons. The number of nitrogens with zero attached hydrogens (tertiary/aromatic N) is 3. The van der Waals surface area contributed by atoms with Crippen LogP contribution in [0.4, 0.5) is 0 Å². The topological polar surface area (TPSA) is 93.3 Å². The molecule has 0 amide bonds. The van der Waals surface area contributed by atoms with Gasteiger partial charge in [-0.25, -0.2) is 9.79 Å². The van der Waals surface area contributed by atoms with E-state index in [2.05, 4.69) is 40.4 Å². The van der Waals surface area contributed by atoms with E-state index in [0.717, 1.165) is 42.9 Å². The zero-order valence-electron chi connectivity index (χ0n) is 24.1. The average molecular weight is 645 g/mol. The SMILES string of the molecule is CCOC(=O)C1=C(C)N=c2s/c(=C\c3cc(C)n(C[C@H]4CCCO4)c3C)c(=O)n2[C@@H]1c1cc(Br)c(OC)cc1OC. The maximum Gasteiger partial charge on any atom is 0.338 e. The van der Waals surface area contributed by atoms with E-state index in [4.69, 9.17) is 23.9 Å². The lowest BCUT2D eigenvalue weighted by molar-refractivity contribution is -0.139. The number of carbonyl (C=O) groups excluding carboxylic acids is 1. The Hall–Kier alpha value is -3.15. The molecule has 2 aromatic heterocycles. The highest BCUT2D eigenvalue weighted by atomic mass is 79.9.